The van der Waals surface area contributed by atoms with E-state index >= 15 is 0 Å². The molecule has 0 aliphatic carbocycles. The van der Waals surface area contributed by atoms with Gasteiger partial charge in [0.15, 0.2) is 0 Å². The third-order valence-corrected chi connectivity index (χ3v) is 9.61. The Kier molecular flexibility index (Phi) is 7.53. The minimum absolute atomic E-state index is 1.11. The molecule has 8 aromatic carbocycles. The molecule has 1 heterocycles. The topological polar surface area (TPSA) is 8.17 Å². The number of hydrogen-bond donors (Lipinski definition) is 0. The first kappa shape index (κ1) is 29.5. The van der Waals surface area contributed by atoms with E-state index in [0.717, 1.165) is 22.7 Å². The van der Waals surface area contributed by atoms with E-state index < -0.39 is 0 Å². The van der Waals surface area contributed by atoms with Crippen molar-refractivity contribution >= 4 is 38.9 Å². The van der Waals surface area contributed by atoms with Crippen LogP contribution in [0.3, 0.4) is 0 Å². The molecule has 9 rings (SSSR count). The van der Waals surface area contributed by atoms with Crippen molar-refractivity contribution in [2.45, 2.75) is 0 Å². The molecule has 0 aliphatic heterocycles. The Morgan fingerprint density at radius 1 is 0.300 bits per heavy atom. The van der Waals surface area contributed by atoms with Crippen LogP contribution in [-0.2, 0) is 0 Å². The number of anilines is 3. The molecule has 1 aromatic heterocycles. The Morgan fingerprint density at radius 2 is 0.780 bits per heavy atom. The molecule has 2 nitrogen and oxygen atoms in total. The van der Waals surface area contributed by atoms with Gasteiger partial charge in [0.05, 0.1) is 11.0 Å². The average Bonchev–Trinajstić information content (AvgIpc) is 3.54. The number of para-hydroxylation sites is 3. The van der Waals surface area contributed by atoms with E-state index in [2.05, 4.69) is 216 Å². The zero-order valence-electron chi connectivity index (χ0n) is 27.5. The summed E-state index contributed by atoms with van der Waals surface area (Å²) < 4.78 is 2.39. The van der Waals surface area contributed by atoms with Crippen LogP contribution in [0.2, 0.25) is 0 Å². The lowest BCUT2D eigenvalue weighted by molar-refractivity contribution is 1.18. The molecule has 0 spiro atoms. The molecule has 0 atom stereocenters. The van der Waals surface area contributed by atoms with E-state index in [0.29, 0.717) is 0 Å². The summed E-state index contributed by atoms with van der Waals surface area (Å²) in [5.41, 5.74) is 14.2. The highest BCUT2D eigenvalue weighted by molar-refractivity contribution is 6.16. The maximum atomic E-state index is 2.39. The molecule has 0 amide bonds. The first-order valence-corrected chi connectivity index (χ1v) is 17.1. The lowest BCUT2D eigenvalue weighted by atomic mass is 9.92. The maximum absolute atomic E-state index is 2.39. The minimum Gasteiger partial charge on any atom is -0.311 e. The second-order valence-electron chi connectivity index (χ2n) is 12.6. The fraction of sp³-hybridized carbons (Fsp3) is 0. The zero-order valence-corrected chi connectivity index (χ0v) is 27.5. The van der Waals surface area contributed by atoms with E-state index in [9.17, 15) is 0 Å². The van der Waals surface area contributed by atoms with Crippen LogP contribution in [0.5, 0.6) is 0 Å². The van der Waals surface area contributed by atoms with Crippen molar-refractivity contribution in [3.05, 3.63) is 206 Å². The van der Waals surface area contributed by atoms with Crippen LogP contribution < -0.4 is 4.90 Å². The van der Waals surface area contributed by atoms with Gasteiger partial charge in [-0.2, -0.15) is 0 Å². The van der Waals surface area contributed by atoms with Gasteiger partial charge in [-0.05, 0) is 94.0 Å². The summed E-state index contributed by atoms with van der Waals surface area (Å²) >= 11 is 0. The zero-order chi connectivity index (χ0) is 33.3. The summed E-state index contributed by atoms with van der Waals surface area (Å²) in [5, 5.41) is 2.52. The fourth-order valence-electron chi connectivity index (χ4n) is 7.32. The maximum Gasteiger partial charge on any atom is 0.0547 e. The third kappa shape index (κ3) is 5.24. The van der Waals surface area contributed by atoms with E-state index in [-0.39, 0.29) is 0 Å². The second-order valence-corrected chi connectivity index (χ2v) is 12.6. The Hall–Kier alpha value is -6.64. The fourth-order valence-corrected chi connectivity index (χ4v) is 7.32. The standard InChI is InChI=1S/C48H34N2/c1-4-15-35(16-5-1)36-27-31-40(32-28-36)49(38-17-6-2-7-18-38)41-33-29-37(30-34-41)42-21-10-11-22-43(42)44-24-14-26-47-48(44)45-23-12-13-25-46(45)50(47)39-19-8-3-9-20-39/h1-34H. The Labute approximate surface area is 292 Å². The van der Waals surface area contributed by atoms with Crippen LogP contribution in [0.25, 0.3) is 60.9 Å². The smallest absolute Gasteiger partial charge is 0.0547 e. The van der Waals surface area contributed by atoms with Crippen LogP contribution in [0.4, 0.5) is 17.1 Å². The second kappa shape index (κ2) is 12.8. The van der Waals surface area contributed by atoms with Crippen molar-refractivity contribution in [1.29, 1.82) is 0 Å². The quantitative estimate of drug-likeness (QED) is 0.169. The first-order chi connectivity index (χ1) is 24.8. The summed E-state index contributed by atoms with van der Waals surface area (Å²) in [6.07, 6.45) is 0. The lowest BCUT2D eigenvalue weighted by Gasteiger charge is -2.26. The van der Waals surface area contributed by atoms with Crippen LogP contribution in [0, 0.1) is 0 Å². The van der Waals surface area contributed by atoms with Crippen molar-refractivity contribution in [2.24, 2.45) is 0 Å². The first-order valence-electron chi connectivity index (χ1n) is 17.1. The van der Waals surface area contributed by atoms with Gasteiger partial charge >= 0.3 is 0 Å². The molecule has 0 bridgehead atoms. The van der Waals surface area contributed by atoms with E-state index in [1.54, 1.807) is 0 Å². The van der Waals surface area contributed by atoms with Crippen LogP contribution in [-0.4, -0.2) is 4.57 Å². The van der Waals surface area contributed by atoms with E-state index in [4.69, 9.17) is 0 Å². The highest BCUT2D eigenvalue weighted by Gasteiger charge is 2.18. The molecule has 0 aliphatic rings. The Morgan fingerprint density at radius 3 is 1.48 bits per heavy atom. The van der Waals surface area contributed by atoms with Crippen LogP contribution >= 0.6 is 0 Å². The highest BCUT2D eigenvalue weighted by atomic mass is 15.1. The number of benzene rings is 8. The number of rotatable bonds is 7. The minimum atomic E-state index is 1.11. The molecule has 0 unspecified atom stereocenters. The number of hydrogen-bond acceptors (Lipinski definition) is 1. The Balaban J connectivity index is 1.14. The van der Waals surface area contributed by atoms with Crippen LogP contribution in [0.1, 0.15) is 0 Å². The molecular weight excluding hydrogens is 605 g/mol. The molecule has 0 fully saturated rings. The van der Waals surface area contributed by atoms with Gasteiger partial charge in [-0.3, -0.25) is 0 Å². The van der Waals surface area contributed by atoms with Gasteiger partial charge in [0, 0.05) is 33.5 Å². The normalized spacial score (nSPS) is 11.2. The van der Waals surface area contributed by atoms with Crippen molar-refractivity contribution in [2.75, 3.05) is 4.90 Å². The summed E-state index contributed by atoms with van der Waals surface area (Å²) in [5.74, 6) is 0. The van der Waals surface area contributed by atoms with Gasteiger partial charge in [-0.15, -0.1) is 0 Å². The number of aromatic nitrogens is 1. The van der Waals surface area contributed by atoms with Crippen molar-refractivity contribution in [3.8, 4) is 39.1 Å². The van der Waals surface area contributed by atoms with Gasteiger partial charge in [-0.25, -0.2) is 0 Å². The Bertz CT molecular complexity index is 2550. The largest absolute Gasteiger partial charge is 0.311 e. The average molecular weight is 639 g/mol. The summed E-state index contributed by atoms with van der Waals surface area (Å²) in [7, 11) is 0. The molecular formula is C48H34N2. The van der Waals surface area contributed by atoms with Gasteiger partial charge < -0.3 is 9.47 Å². The molecule has 0 saturated carbocycles. The molecule has 2 heteroatoms. The molecule has 0 saturated heterocycles. The van der Waals surface area contributed by atoms with Crippen molar-refractivity contribution < 1.29 is 0 Å². The predicted octanol–water partition coefficient (Wildman–Crippen LogP) is 13.3. The molecule has 0 radical (unpaired) electrons. The molecule has 50 heavy (non-hydrogen) atoms. The third-order valence-electron chi connectivity index (χ3n) is 9.61. The molecule has 0 N–H and O–H groups in total. The van der Waals surface area contributed by atoms with E-state index in [1.807, 2.05) is 0 Å². The van der Waals surface area contributed by atoms with Crippen molar-refractivity contribution in [3.63, 3.8) is 0 Å². The van der Waals surface area contributed by atoms with Gasteiger partial charge in [0.2, 0.25) is 0 Å². The monoisotopic (exact) mass is 638 g/mol. The van der Waals surface area contributed by atoms with Gasteiger partial charge in [-0.1, -0.05) is 146 Å². The summed E-state index contributed by atoms with van der Waals surface area (Å²) in [4.78, 5) is 2.32. The van der Waals surface area contributed by atoms with E-state index in [1.165, 1.54) is 55.2 Å². The highest BCUT2D eigenvalue weighted by Crippen LogP contribution is 2.42. The van der Waals surface area contributed by atoms with Gasteiger partial charge in [0.1, 0.15) is 0 Å². The van der Waals surface area contributed by atoms with Gasteiger partial charge in [0.25, 0.3) is 0 Å². The molecule has 9 aromatic rings. The number of fused-ring (bicyclic) bond motifs is 3. The molecule has 236 valence electrons. The van der Waals surface area contributed by atoms with Crippen LogP contribution in [0.15, 0.2) is 206 Å². The summed E-state index contributed by atoms with van der Waals surface area (Å²) in [6.45, 7) is 0. The lowest BCUT2D eigenvalue weighted by Crippen LogP contribution is -2.09. The van der Waals surface area contributed by atoms with Crippen molar-refractivity contribution in [1.82, 2.24) is 4.57 Å². The number of nitrogens with zero attached hydrogens (tertiary/aromatic N) is 2. The SMILES string of the molecule is c1ccc(-c2ccc(N(c3ccccc3)c3ccc(-c4ccccc4-c4cccc5c4c4ccccc4n5-c4ccccc4)cc3)cc2)cc1. The predicted molar refractivity (Wildman–Crippen MR) is 212 cm³/mol. The summed E-state index contributed by atoms with van der Waals surface area (Å²) in [6, 6.07) is 73.9.